The van der Waals surface area contributed by atoms with Gasteiger partial charge in [0.15, 0.2) is 0 Å². The van der Waals surface area contributed by atoms with Crippen LogP contribution in [0.15, 0.2) is 30.3 Å². The summed E-state index contributed by atoms with van der Waals surface area (Å²) in [6.45, 7) is 2.78. The first-order valence-corrected chi connectivity index (χ1v) is 5.50. The number of carbonyl (C=O) groups is 1. The molecule has 0 heterocycles. The van der Waals surface area contributed by atoms with Crippen molar-refractivity contribution in [2.45, 2.75) is 19.3 Å². The number of ether oxygens (including phenoxy) is 2. The summed E-state index contributed by atoms with van der Waals surface area (Å²) in [6.07, 6.45) is 0.652. The van der Waals surface area contributed by atoms with Crippen LogP contribution in [0.1, 0.15) is 24.8 Å². The van der Waals surface area contributed by atoms with E-state index in [2.05, 4.69) is 0 Å². The third-order valence-corrected chi connectivity index (χ3v) is 2.38. The molecule has 16 heavy (non-hydrogen) atoms. The van der Waals surface area contributed by atoms with Crippen LogP contribution < -0.4 is 0 Å². The number of rotatable bonds is 6. The van der Waals surface area contributed by atoms with Gasteiger partial charge in [0.1, 0.15) is 0 Å². The summed E-state index contributed by atoms with van der Waals surface area (Å²) in [6, 6.07) is 9.67. The van der Waals surface area contributed by atoms with Gasteiger partial charge in [-0.1, -0.05) is 30.3 Å². The van der Waals surface area contributed by atoms with Crippen molar-refractivity contribution in [2.24, 2.45) is 0 Å². The van der Waals surface area contributed by atoms with Gasteiger partial charge in [0, 0.05) is 13.7 Å². The zero-order chi connectivity index (χ0) is 11.8. The number of carbonyl (C=O) groups excluding carboxylic acids is 1. The molecule has 0 N–H and O–H groups in total. The zero-order valence-electron chi connectivity index (χ0n) is 9.81. The molecule has 0 radical (unpaired) electrons. The molecule has 0 amide bonds. The van der Waals surface area contributed by atoms with E-state index in [1.807, 2.05) is 37.3 Å². The van der Waals surface area contributed by atoms with E-state index in [1.54, 1.807) is 7.11 Å². The molecule has 1 rings (SSSR count). The summed E-state index contributed by atoms with van der Waals surface area (Å²) in [5.41, 5.74) is 0.984. The van der Waals surface area contributed by atoms with Gasteiger partial charge in [-0.25, -0.2) is 0 Å². The predicted molar refractivity (Wildman–Crippen MR) is 62.3 cm³/mol. The molecule has 0 aliphatic carbocycles. The van der Waals surface area contributed by atoms with Gasteiger partial charge >= 0.3 is 5.97 Å². The van der Waals surface area contributed by atoms with Crippen LogP contribution in [0.25, 0.3) is 0 Å². The molecule has 1 aromatic carbocycles. The molecule has 0 spiro atoms. The number of hydrogen-bond acceptors (Lipinski definition) is 3. The summed E-state index contributed by atoms with van der Waals surface area (Å²) in [5, 5.41) is 0. The second-order valence-corrected chi connectivity index (χ2v) is 3.50. The monoisotopic (exact) mass is 222 g/mol. The van der Waals surface area contributed by atoms with Crippen LogP contribution in [0.3, 0.4) is 0 Å². The first-order valence-electron chi connectivity index (χ1n) is 5.50. The largest absolute Gasteiger partial charge is 0.466 e. The van der Waals surface area contributed by atoms with E-state index in [1.165, 1.54) is 0 Å². The summed E-state index contributed by atoms with van der Waals surface area (Å²) in [4.78, 5) is 11.8. The third kappa shape index (κ3) is 3.66. The second-order valence-electron chi connectivity index (χ2n) is 3.50. The van der Waals surface area contributed by atoms with E-state index in [4.69, 9.17) is 9.47 Å². The Balaban J connectivity index is 2.74. The molecule has 0 aromatic heterocycles. The number of esters is 1. The Morgan fingerprint density at radius 3 is 2.56 bits per heavy atom. The third-order valence-electron chi connectivity index (χ3n) is 2.38. The van der Waals surface area contributed by atoms with Gasteiger partial charge in [0.05, 0.1) is 12.5 Å². The minimum atomic E-state index is -0.221. The minimum absolute atomic E-state index is 0.175. The molecule has 88 valence electrons. The zero-order valence-corrected chi connectivity index (χ0v) is 9.81. The first-order chi connectivity index (χ1) is 7.79. The second kappa shape index (κ2) is 7.01. The lowest BCUT2D eigenvalue weighted by Crippen LogP contribution is -2.17. The predicted octanol–water partition coefficient (Wildman–Crippen LogP) is 2.37. The minimum Gasteiger partial charge on any atom is -0.466 e. The quantitative estimate of drug-likeness (QED) is 0.693. The first kappa shape index (κ1) is 12.7. The fourth-order valence-corrected chi connectivity index (χ4v) is 1.58. The lowest BCUT2D eigenvalue weighted by molar-refractivity contribution is -0.145. The molecule has 0 aliphatic rings. The SMILES string of the molecule is CCOC(=O)C(CCOC)c1ccccc1. The topological polar surface area (TPSA) is 35.5 Å². The number of methoxy groups -OCH3 is 1. The van der Waals surface area contributed by atoms with Crippen LogP contribution in [-0.2, 0) is 14.3 Å². The van der Waals surface area contributed by atoms with E-state index in [0.717, 1.165) is 5.56 Å². The molecule has 3 heteroatoms. The average Bonchev–Trinajstić information content (AvgIpc) is 2.31. The van der Waals surface area contributed by atoms with E-state index in [-0.39, 0.29) is 11.9 Å². The maximum Gasteiger partial charge on any atom is 0.313 e. The Kier molecular flexibility index (Phi) is 5.57. The van der Waals surface area contributed by atoms with Crippen LogP contribution in [0.4, 0.5) is 0 Å². The highest BCUT2D eigenvalue weighted by Gasteiger charge is 2.21. The van der Waals surface area contributed by atoms with E-state index < -0.39 is 0 Å². The molecule has 0 fully saturated rings. The van der Waals surface area contributed by atoms with Gasteiger partial charge in [0.25, 0.3) is 0 Å². The van der Waals surface area contributed by atoms with Crippen LogP contribution in [0.2, 0.25) is 0 Å². The van der Waals surface area contributed by atoms with Crippen molar-refractivity contribution in [3.05, 3.63) is 35.9 Å². The molecule has 3 nitrogen and oxygen atoms in total. The molecule has 0 saturated heterocycles. The molecule has 0 bridgehead atoms. The standard InChI is InChI=1S/C13H18O3/c1-3-16-13(14)12(9-10-15-2)11-7-5-4-6-8-11/h4-8,12H,3,9-10H2,1-2H3. The summed E-state index contributed by atoms with van der Waals surface area (Å²) >= 11 is 0. The lowest BCUT2D eigenvalue weighted by atomic mass is 9.96. The van der Waals surface area contributed by atoms with Gasteiger partial charge in [-0.2, -0.15) is 0 Å². The van der Waals surface area contributed by atoms with Crippen molar-refractivity contribution in [3.63, 3.8) is 0 Å². The Morgan fingerprint density at radius 1 is 1.31 bits per heavy atom. The van der Waals surface area contributed by atoms with E-state index in [9.17, 15) is 4.79 Å². The fraction of sp³-hybridized carbons (Fsp3) is 0.462. The summed E-state index contributed by atoms with van der Waals surface area (Å²) in [7, 11) is 1.63. The summed E-state index contributed by atoms with van der Waals surface area (Å²) in [5.74, 6) is -0.396. The Morgan fingerprint density at radius 2 is 2.00 bits per heavy atom. The molecule has 1 aromatic rings. The molecule has 0 aliphatic heterocycles. The van der Waals surface area contributed by atoms with Crippen LogP contribution in [0.5, 0.6) is 0 Å². The van der Waals surface area contributed by atoms with Gasteiger partial charge in [0.2, 0.25) is 0 Å². The summed E-state index contributed by atoms with van der Waals surface area (Å²) < 4.78 is 10.1. The van der Waals surface area contributed by atoms with Crippen LogP contribution in [-0.4, -0.2) is 26.3 Å². The maximum absolute atomic E-state index is 11.8. The Labute approximate surface area is 96.4 Å². The lowest BCUT2D eigenvalue weighted by Gasteiger charge is -2.15. The number of benzene rings is 1. The number of hydrogen-bond donors (Lipinski definition) is 0. The smallest absolute Gasteiger partial charge is 0.313 e. The van der Waals surface area contributed by atoms with Crippen molar-refractivity contribution >= 4 is 5.97 Å². The highest BCUT2D eigenvalue weighted by Crippen LogP contribution is 2.21. The Hall–Kier alpha value is -1.35. The van der Waals surface area contributed by atoms with Crippen molar-refractivity contribution in [2.75, 3.05) is 20.3 Å². The Bertz CT molecular complexity index is 308. The normalized spacial score (nSPS) is 12.1. The molecule has 0 saturated carbocycles. The molecule has 1 unspecified atom stereocenters. The highest BCUT2D eigenvalue weighted by atomic mass is 16.5. The molecule has 1 atom stereocenters. The van der Waals surface area contributed by atoms with Gasteiger partial charge in [-0.3, -0.25) is 4.79 Å². The molecular weight excluding hydrogens is 204 g/mol. The van der Waals surface area contributed by atoms with Crippen molar-refractivity contribution in [1.29, 1.82) is 0 Å². The van der Waals surface area contributed by atoms with Crippen molar-refractivity contribution in [1.82, 2.24) is 0 Å². The van der Waals surface area contributed by atoms with Crippen molar-refractivity contribution in [3.8, 4) is 0 Å². The maximum atomic E-state index is 11.8. The fourth-order valence-electron chi connectivity index (χ4n) is 1.58. The van der Waals surface area contributed by atoms with Gasteiger partial charge in [-0.15, -0.1) is 0 Å². The van der Waals surface area contributed by atoms with Crippen LogP contribution >= 0.6 is 0 Å². The van der Waals surface area contributed by atoms with E-state index >= 15 is 0 Å². The molecular formula is C13H18O3. The van der Waals surface area contributed by atoms with Crippen molar-refractivity contribution < 1.29 is 14.3 Å². The van der Waals surface area contributed by atoms with E-state index in [0.29, 0.717) is 19.6 Å². The van der Waals surface area contributed by atoms with Crippen LogP contribution in [0, 0.1) is 0 Å². The van der Waals surface area contributed by atoms with Gasteiger partial charge < -0.3 is 9.47 Å². The van der Waals surface area contributed by atoms with Gasteiger partial charge in [-0.05, 0) is 18.9 Å². The highest BCUT2D eigenvalue weighted by molar-refractivity contribution is 5.78. The average molecular weight is 222 g/mol.